The predicted octanol–water partition coefficient (Wildman–Crippen LogP) is 3.64. The number of hydrogen-bond donors (Lipinski definition) is 1. The van der Waals surface area contributed by atoms with Crippen LogP contribution in [0.25, 0.3) is 0 Å². The molecule has 0 fully saturated rings. The van der Waals surface area contributed by atoms with Crippen molar-refractivity contribution in [3.63, 3.8) is 0 Å². The minimum absolute atomic E-state index is 0.0559. The second kappa shape index (κ2) is 6.27. The molecule has 0 saturated carbocycles. The van der Waals surface area contributed by atoms with Crippen LogP contribution in [0.15, 0.2) is 15.9 Å². The summed E-state index contributed by atoms with van der Waals surface area (Å²) in [5.41, 5.74) is 5.67. The van der Waals surface area contributed by atoms with Crippen molar-refractivity contribution in [3.05, 3.63) is 20.8 Å². The lowest BCUT2D eigenvalue weighted by Crippen LogP contribution is -2.33. The molecule has 0 atom stereocenters. The van der Waals surface area contributed by atoms with Crippen LogP contribution in [0, 0.1) is 5.41 Å². The second-order valence-corrected chi connectivity index (χ2v) is 7.32. The van der Waals surface area contributed by atoms with Gasteiger partial charge in [0.1, 0.15) is 0 Å². The minimum atomic E-state index is -0.0559. The fraction of sp³-hybridized carbons (Fsp3) is 0.583. The average Bonchev–Trinajstić information content (AvgIpc) is 2.61. The van der Waals surface area contributed by atoms with Crippen LogP contribution in [0.5, 0.6) is 0 Å². The molecule has 2 N–H and O–H groups in total. The lowest BCUT2D eigenvalue weighted by atomic mass is 9.89. The Bertz CT molecular complexity index is 388. The lowest BCUT2D eigenvalue weighted by molar-refractivity contribution is 0.288. The maximum absolute atomic E-state index is 5.72. The zero-order chi connectivity index (χ0) is 13.1. The van der Waals surface area contributed by atoms with Crippen molar-refractivity contribution in [2.75, 3.05) is 13.6 Å². The van der Waals surface area contributed by atoms with E-state index in [2.05, 4.69) is 53.2 Å². The van der Waals surface area contributed by atoms with E-state index in [-0.39, 0.29) is 5.41 Å². The normalized spacial score (nSPS) is 12.1. The summed E-state index contributed by atoms with van der Waals surface area (Å²) in [5, 5.41) is 2.11. The van der Waals surface area contributed by atoms with Gasteiger partial charge in [0.2, 0.25) is 0 Å². The van der Waals surface area contributed by atoms with Crippen LogP contribution in [-0.4, -0.2) is 23.5 Å². The van der Waals surface area contributed by atoms with Crippen molar-refractivity contribution in [3.8, 4) is 0 Å². The van der Waals surface area contributed by atoms with Gasteiger partial charge in [0.15, 0.2) is 0 Å². The molecule has 1 rings (SSSR count). The highest BCUT2D eigenvalue weighted by Crippen LogP contribution is 2.23. The van der Waals surface area contributed by atoms with Crippen molar-refractivity contribution in [2.24, 2.45) is 11.1 Å². The van der Waals surface area contributed by atoms with Crippen LogP contribution >= 0.6 is 39.5 Å². The summed E-state index contributed by atoms with van der Waals surface area (Å²) in [4.78, 5) is 4.27. The van der Waals surface area contributed by atoms with E-state index in [1.807, 2.05) is 0 Å². The summed E-state index contributed by atoms with van der Waals surface area (Å²) in [5.74, 6) is 0. The molecule has 0 spiro atoms. The SMILES string of the molecule is CN(CCC(C)(C)C(N)=S)Cc1cc(Br)cs1. The molecular weight excluding hydrogens is 316 g/mol. The van der Waals surface area contributed by atoms with Gasteiger partial charge in [-0.3, -0.25) is 0 Å². The number of rotatable bonds is 6. The van der Waals surface area contributed by atoms with E-state index in [1.54, 1.807) is 11.3 Å². The van der Waals surface area contributed by atoms with E-state index < -0.39 is 0 Å². The van der Waals surface area contributed by atoms with Gasteiger partial charge in [-0.15, -0.1) is 11.3 Å². The number of nitrogens with two attached hydrogens (primary N) is 1. The van der Waals surface area contributed by atoms with Crippen LogP contribution in [0.4, 0.5) is 0 Å². The van der Waals surface area contributed by atoms with Crippen LogP contribution in [-0.2, 0) is 6.54 Å². The van der Waals surface area contributed by atoms with E-state index >= 15 is 0 Å². The Morgan fingerprint density at radius 2 is 2.24 bits per heavy atom. The first-order valence-corrected chi connectivity index (χ1v) is 7.61. The van der Waals surface area contributed by atoms with Gasteiger partial charge in [0.25, 0.3) is 0 Å². The molecule has 0 aliphatic carbocycles. The summed E-state index contributed by atoms with van der Waals surface area (Å²) >= 11 is 10.3. The third-order valence-electron chi connectivity index (χ3n) is 2.83. The highest BCUT2D eigenvalue weighted by atomic mass is 79.9. The van der Waals surface area contributed by atoms with Gasteiger partial charge in [-0.25, -0.2) is 0 Å². The standard InChI is InChI=1S/C12H19BrN2S2/c1-12(2,11(14)16)4-5-15(3)7-10-6-9(13)8-17-10/h6,8H,4-5,7H2,1-3H3,(H2,14,16). The first-order chi connectivity index (χ1) is 7.81. The lowest BCUT2D eigenvalue weighted by Gasteiger charge is -2.26. The fourth-order valence-corrected chi connectivity index (χ4v) is 3.01. The van der Waals surface area contributed by atoms with E-state index in [0.717, 1.165) is 24.0 Å². The fourth-order valence-electron chi connectivity index (χ4n) is 1.38. The molecule has 1 aromatic heterocycles. The Hall–Kier alpha value is 0.0300. The Balaban J connectivity index is 2.40. The van der Waals surface area contributed by atoms with Gasteiger partial charge in [0.05, 0.1) is 4.99 Å². The van der Waals surface area contributed by atoms with Gasteiger partial charge < -0.3 is 10.6 Å². The predicted molar refractivity (Wildman–Crippen MR) is 83.5 cm³/mol. The summed E-state index contributed by atoms with van der Waals surface area (Å²) in [6, 6.07) is 2.17. The van der Waals surface area contributed by atoms with Crippen molar-refractivity contribution in [1.29, 1.82) is 0 Å². The molecule has 0 radical (unpaired) electrons. The Kier molecular flexibility index (Phi) is 5.57. The quantitative estimate of drug-likeness (QED) is 0.805. The van der Waals surface area contributed by atoms with E-state index in [4.69, 9.17) is 18.0 Å². The molecule has 0 bridgehead atoms. The van der Waals surface area contributed by atoms with Gasteiger partial charge in [-0.05, 0) is 42.0 Å². The first-order valence-electron chi connectivity index (χ1n) is 5.52. The van der Waals surface area contributed by atoms with E-state index in [9.17, 15) is 0 Å². The molecular formula is C12H19BrN2S2. The highest BCUT2D eigenvalue weighted by Gasteiger charge is 2.21. The monoisotopic (exact) mass is 334 g/mol. The number of halogens is 1. The Morgan fingerprint density at radius 1 is 1.59 bits per heavy atom. The average molecular weight is 335 g/mol. The summed E-state index contributed by atoms with van der Waals surface area (Å²) in [7, 11) is 2.13. The molecule has 0 aliphatic heterocycles. The molecule has 1 aromatic rings. The molecule has 17 heavy (non-hydrogen) atoms. The largest absolute Gasteiger partial charge is 0.393 e. The minimum Gasteiger partial charge on any atom is -0.393 e. The molecule has 1 heterocycles. The first kappa shape index (κ1) is 15.1. The number of hydrogen-bond acceptors (Lipinski definition) is 3. The number of nitrogens with zero attached hydrogens (tertiary/aromatic N) is 1. The topological polar surface area (TPSA) is 29.3 Å². The molecule has 0 aliphatic rings. The molecule has 2 nitrogen and oxygen atoms in total. The van der Waals surface area contributed by atoms with Crippen LogP contribution < -0.4 is 5.73 Å². The van der Waals surface area contributed by atoms with Gasteiger partial charge in [-0.2, -0.15) is 0 Å². The Labute approximate surface area is 121 Å². The summed E-state index contributed by atoms with van der Waals surface area (Å²) < 4.78 is 1.16. The van der Waals surface area contributed by atoms with Crippen molar-refractivity contribution in [2.45, 2.75) is 26.8 Å². The van der Waals surface area contributed by atoms with Crippen LogP contribution in [0.3, 0.4) is 0 Å². The second-order valence-electron chi connectivity index (χ2n) is 4.97. The van der Waals surface area contributed by atoms with Gasteiger partial charge >= 0.3 is 0 Å². The van der Waals surface area contributed by atoms with Crippen molar-refractivity contribution < 1.29 is 0 Å². The van der Waals surface area contributed by atoms with Crippen LogP contribution in [0.1, 0.15) is 25.1 Å². The maximum atomic E-state index is 5.72. The maximum Gasteiger partial charge on any atom is 0.0784 e. The van der Waals surface area contributed by atoms with Crippen LogP contribution in [0.2, 0.25) is 0 Å². The zero-order valence-corrected chi connectivity index (χ0v) is 13.7. The van der Waals surface area contributed by atoms with Gasteiger partial charge in [-0.1, -0.05) is 26.1 Å². The number of thiophene rings is 1. The molecule has 0 aromatic carbocycles. The molecule has 5 heteroatoms. The summed E-state index contributed by atoms with van der Waals surface area (Å²) in [6.45, 7) is 6.18. The number of thiocarbonyl (C=S) groups is 1. The zero-order valence-electron chi connectivity index (χ0n) is 10.5. The molecule has 96 valence electrons. The van der Waals surface area contributed by atoms with E-state index in [1.165, 1.54) is 4.88 Å². The van der Waals surface area contributed by atoms with E-state index in [0.29, 0.717) is 4.99 Å². The molecule has 0 unspecified atom stereocenters. The third-order valence-corrected chi connectivity index (χ3v) is 5.07. The molecule has 0 saturated heterocycles. The molecule has 0 amide bonds. The van der Waals surface area contributed by atoms with Crippen molar-refractivity contribution in [1.82, 2.24) is 4.90 Å². The highest BCUT2D eigenvalue weighted by molar-refractivity contribution is 9.10. The van der Waals surface area contributed by atoms with Crippen molar-refractivity contribution >= 4 is 44.5 Å². The Morgan fingerprint density at radius 3 is 2.71 bits per heavy atom. The smallest absolute Gasteiger partial charge is 0.0784 e. The van der Waals surface area contributed by atoms with Gasteiger partial charge in [0, 0.05) is 26.7 Å². The summed E-state index contributed by atoms with van der Waals surface area (Å²) in [6.07, 6.45) is 0.991. The third kappa shape index (κ3) is 5.04.